The van der Waals surface area contributed by atoms with E-state index in [0.717, 1.165) is 18.7 Å². The molecule has 7 nitrogen and oxygen atoms in total. The Hall–Kier alpha value is -1.76. The Kier molecular flexibility index (Phi) is 2.83. The number of nitrogens with zero attached hydrogens (tertiary/aromatic N) is 6. The molecule has 1 fully saturated rings. The fourth-order valence-electron chi connectivity index (χ4n) is 2.62. The number of likely N-dealkylation sites (N-methyl/N-ethyl adjacent to an activating group) is 1. The lowest BCUT2D eigenvalue weighted by molar-refractivity contribution is 0.371. The minimum Gasteiger partial charge on any atom is -0.354 e. The maximum absolute atomic E-state index is 6.19. The van der Waals surface area contributed by atoms with Crippen molar-refractivity contribution in [2.45, 2.75) is 37.8 Å². The summed E-state index contributed by atoms with van der Waals surface area (Å²) in [6.07, 6.45) is 4.66. The van der Waals surface area contributed by atoms with Gasteiger partial charge in [0.2, 0.25) is 0 Å². The van der Waals surface area contributed by atoms with Gasteiger partial charge in [-0.2, -0.15) is 0 Å². The van der Waals surface area contributed by atoms with Crippen LogP contribution in [-0.2, 0) is 0 Å². The third-order valence-corrected chi connectivity index (χ3v) is 3.70. The third-order valence-electron chi connectivity index (χ3n) is 3.70. The number of tetrazole rings is 1. The molecule has 96 valence electrons. The third kappa shape index (κ3) is 1.90. The Morgan fingerprint density at radius 2 is 2.17 bits per heavy atom. The van der Waals surface area contributed by atoms with Crippen molar-refractivity contribution in [3.8, 4) is 0 Å². The van der Waals surface area contributed by atoms with Gasteiger partial charge in [0.25, 0.3) is 0 Å². The number of nitrogens with two attached hydrogens (primary N) is 1. The molecule has 0 spiro atoms. The summed E-state index contributed by atoms with van der Waals surface area (Å²) < 4.78 is 1.44. The van der Waals surface area contributed by atoms with Crippen molar-refractivity contribution in [2.75, 3.05) is 11.9 Å². The normalized spacial score (nSPS) is 24.3. The zero-order valence-corrected chi connectivity index (χ0v) is 10.4. The lowest BCUT2D eigenvalue weighted by Gasteiger charge is -2.36. The topological polar surface area (TPSA) is 85.2 Å². The van der Waals surface area contributed by atoms with Gasteiger partial charge in [-0.15, -0.1) is 14.8 Å². The van der Waals surface area contributed by atoms with Gasteiger partial charge < -0.3 is 10.6 Å². The monoisotopic (exact) mass is 247 g/mol. The summed E-state index contributed by atoms with van der Waals surface area (Å²) in [6, 6.07) is 4.37. The van der Waals surface area contributed by atoms with E-state index in [1.165, 1.54) is 17.5 Å². The molecular formula is C11H17N7. The van der Waals surface area contributed by atoms with E-state index in [9.17, 15) is 0 Å². The fraction of sp³-hybridized carbons (Fsp3) is 0.636. The first kappa shape index (κ1) is 11.3. The fourth-order valence-corrected chi connectivity index (χ4v) is 2.62. The predicted molar refractivity (Wildman–Crippen MR) is 67.2 cm³/mol. The van der Waals surface area contributed by atoms with Gasteiger partial charge in [0.05, 0.1) is 0 Å². The molecule has 2 atom stereocenters. The average Bonchev–Trinajstić information content (AvgIpc) is 2.85. The second kappa shape index (κ2) is 4.49. The first-order chi connectivity index (χ1) is 8.75. The molecule has 2 unspecified atom stereocenters. The molecule has 2 heterocycles. The highest BCUT2D eigenvalue weighted by atomic mass is 15.6. The van der Waals surface area contributed by atoms with Gasteiger partial charge in [0.15, 0.2) is 11.5 Å². The minimum absolute atomic E-state index is 0.218. The molecule has 1 saturated carbocycles. The standard InChI is InChI=1S/C11H17N7/c1-17(9-5-3-2-4-8(9)12)11-7-6-10-13-15-16-18(10)14-11/h6-9H,2-5,12H2,1H3. The molecule has 2 aromatic rings. The second-order valence-electron chi connectivity index (χ2n) is 4.84. The van der Waals surface area contributed by atoms with Crippen LogP contribution >= 0.6 is 0 Å². The summed E-state index contributed by atoms with van der Waals surface area (Å²) in [6.45, 7) is 0. The molecule has 1 aliphatic rings. The molecule has 7 heteroatoms. The van der Waals surface area contributed by atoms with Crippen LogP contribution in [0, 0.1) is 0 Å². The van der Waals surface area contributed by atoms with Gasteiger partial charge in [-0.25, -0.2) is 0 Å². The smallest absolute Gasteiger partial charge is 0.200 e. The molecule has 0 aliphatic heterocycles. The number of rotatable bonds is 2. The van der Waals surface area contributed by atoms with Crippen LogP contribution in [0.15, 0.2) is 12.1 Å². The molecule has 2 aromatic heterocycles. The zero-order valence-electron chi connectivity index (χ0n) is 10.4. The van der Waals surface area contributed by atoms with Crippen LogP contribution in [0.4, 0.5) is 5.82 Å². The highest BCUT2D eigenvalue weighted by molar-refractivity contribution is 5.44. The quantitative estimate of drug-likeness (QED) is 0.817. The summed E-state index contributed by atoms with van der Waals surface area (Å²) >= 11 is 0. The number of hydrogen-bond acceptors (Lipinski definition) is 6. The van der Waals surface area contributed by atoms with Crippen LogP contribution in [0.2, 0.25) is 0 Å². The van der Waals surface area contributed by atoms with Crippen molar-refractivity contribution in [2.24, 2.45) is 5.73 Å². The van der Waals surface area contributed by atoms with Crippen molar-refractivity contribution in [1.29, 1.82) is 0 Å². The number of anilines is 1. The summed E-state index contributed by atoms with van der Waals surface area (Å²) in [5, 5.41) is 15.6. The summed E-state index contributed by atoms with van der Waals surface area (Å²) in [5.41, 5.74) is 6.85. The lowest BCUT2D eigenvalue weighted by Crippen LogP contribution is -2.48. The van der Waals surface area contributed by atoms with Crippen molar-refractivity contribution < 1.29 is 0 Å². The zero-order chi connectivity index (χ0) is 12.5. The maximum atomic E-state index is 6.19. The van der Waals surface area contributed by atoms with Gasteiger partial charge in [-0.05, 0) is 35.4 Å². The molecular weight excluding hydrogens is 230 g/mol. The molecule has 18 heavy (non-hydrogen) atoms. The minimum atomic E-state index is 0.218. The Balaban J connectivity index is 1.87. The van der Waals surface area contributed by atoms with Gasteiger partial charge in [-0.3, -0.25) is 0 Å². The van der Waals surface area contributed by atoms with Gasteiger partial charge in [0.1, 0.15) is 0 Å². The Morgan fingerprint density at radius 3 is 3.00 bits per heavy atom. The molecule has 0 radical (unpaired) electrons. The van der Waals surface area contributed by atoms with E-state index in [1.807, 2.05) is 19.2 Å². The summed E-state index contributed by atoms with van der Waals surface area (Å²) in [7, 11) is 2.04. The van der Waals surface area contributed by atoms with Gasteiger partial charge in [-0.1, -0.05) is 12.8 Å². The molecule has 2 N–H and O–H groups in total. The first-order valence-corrected chi connectivity index (χ1v) is 6.29. The van der Waals surface area contributed by atoms with Crippen LogP contribution in [0.5, 0.6) is 0 Å². The van der Waals surface area contributed by atoms with Crippen LogP contribution in [0.3, 0.4) is 0 Å². The van der Waals surface area contributed by atoms with E-state index < -0.39 is 0 Å². The molecule has 0 aromatic carbocycles. The van der Waals surface area contributed by atoms with Crippen molar-refractivity contribution in [3.63, 3.8) is 0 Å². The average molecular weight is 247 g/mol. The van der Waals surface area contributed by atoms with E-state index in [1.54, 1.807) is 0 Å². The lowest BCUT2D eigenvalue weighted by atomic mass is 9.90. The van der Waals surface area contributed by atoms with Crippen LogP contribution in [0.25, 0.3) is 5.65 Å². The number of aromatic nitrogens is 5. The van der Waals surface area contributed by atoms with E-state index in [2.05, 4.69) is 25.5 Å². The first-order valence-electron chi connectivity index (χ1n) is 6.29. The molecule has 0 bridgehead atoms. The van der Waals surface area contributed by atoms with E-state index in [-0.39, 0.29) is 6.04 Å². The predicted octanol–water partition coefficient (Wildman–Crippen LogP) is 0.225. The number of fused-ring (bicyclic) bond motifs is 1. The highest BCUT2D eigenvalue weighted by Crippen LogP contribution is 2.24. The largest absolute Gasteiger partial charge is 0.354 e. The van der Waals surface area contributed by atoms with Crippen molar-refractivity contribution in [1.82, 2.24) is 25.3 Å². The van der Waals surface area contributed by atoms with Crippen LogP contribution < -0.4 is 10.6 Å². The Labute approximate surface area is 105 Å². The van der Waals surface area contributed by atoms with Crippen LogP contribution in [0.1, 0.15) is 25.7 Å². The molecule has 0 saturated heterocycles. The molecule has 0 amide bonds. The number of hydrogen-bond donors (Lipinski definition) is 1. The van der Waals surface area contributed by atoms with Crippen LogP contribution in [-0.4, -0.2) is 44.4 Å². The van der Waals surface area contributed by atoms with E-state index >= 15 is 0 Å². The van der Waals surface area contributed by atoms with Gasteiger partial charge in [0, 0.05) is 19.1 Å². The van der Waals surface area contributed by atoms with E-state index in [4.69, 9.17) is 5.73 Å². The summed E-state index contributed by atoms with van der Waals surface area (Å²) in [5.74, 6) is 0.858. The second-order valence-corrected chi connectivity index (χ2v) is 4.84. The van der Waals surface area contributed by atoms with E-state index in [0.29, 0.717) is 11.7 Å². The summed E-state index contributed by atoms with van der Waals surface area (Å²) in [4.78, 5) is 2.14. The Morgan fingerprint density at radius 1 is 1.33 bits per heavy atom. The maximum Gasteiger partial charge on any atom is 0.200 e. The molecule has 1 aliphatic carbocycles. The van der Waals surface area contributed by atoms with Crippen molar-refractivity contribution in [3.05, 3.63) is 12.1 Å². The highest BCUT2D eigenvalue weighted by Gasteiger charge is 2.26. The van der Waals surface area contributed by atoms with Crippen molar-refractivity contribution >= 4 is 11.5 Å². The molecule has 3 rings (SSSR count). The Bertz CT molecular complexity index is 537. The van der Waals surface area contributed by atoms with Gasteiger partial charge >= 0.3 is 0 Å². The SMILES string of the molecule is CN(c1ccc2nnnn2n1)C1CCCCC1N.